The molecule has 0 atom stereocenters. The van der Waals surface area contributed by atoms with E-state index in [1.54, 1.807) is 29.9 Å². The molecule has 0 unspecified atom stereocenters. The number of aryl methyl sites for hydroxylation is 2. The second kappa shape index (κ2) is 6.61. The molecule has 0 bridgehead atoms. The lowest BCUT2D eigenvalue weighted by Crippen LogP contribution is -2.03. The number of carbonyl (C=O) groups is 1. The molecular weight excluding hydrogens is 372 g/mol. The summed E-state index contributed by atoms with van der Waals surface area (Å²) in [6.45, 7) is 5.82. The van der Waals surface area contributed by atoms with Gasteiger partial charge in [0.05, 0.1) is 6.61 Å². The van der Waals surface area contributed by atoms with Crippen molar-refractivity contribution >= 4 is 45.1 Å². The van der Waals surface area contributed by atoms with Crippen LogP contribution >= 0.6 is 23.1 Å². The van der Waals surface area contributed by atoms with E-state index in [4.69, 9.17) is 4.74 Å². The molecule has 10 heteroatoms. The molecule has 0 fully saturated rings. The van der Waals surface area contributed by atoms with Crippen molar-refractivity contribution in [1.82, 2.24) is 29.5 Å². The fraction of sp³-hybridized carbons (Fsp3) is 0.250. The van der Waals surface area contributed by atoms with Crippen LogP contribution in [0, 0.1) is 13.8 Å². The molecular formula is C16H14N6O2S2. The fourth-order valence-electron chi connectivity index (χ4n) is 2.51. The predicted molar refractivity (Wildman–Crippen MR) is 97.8 cm³/mol. The second-order valence-electron chi connectivity index (χ2n) is 5.39. The monoisotopic (exact) mass is 386 g/mol. The third-order valence-corrected chi connectivity index (χ3v) is 5.62. The molecule has 26 heavy (non-hydrogen) atoms. The molecule has 0 radical (unpaired) electrons. The van der Waals surface area contributed by atoms with Crippen LogP contribution in [0.25, 0.3) is 16.0 Å². The van der Waals surface area contributed by atoms with Gasteiger partial charge in [-0.3, -0.25) is 0 Å². The molecule has 0 aliphatic heterocycles. The quantitative estimate of drug-likeness (QED) is 0.390. The maximum Gasteiger partial charge on any atom is 0.348 e. The molecule has 0 saturated carbocycles. The van der Waals surface area contributed by atoms with Gasteiger partial charge in [0.15, 0.2) is 0 Å². The van der Waals surface area contributed by atoms with E-state index in [-0.39, 0.29) is 5.97 Å². The highest BCUT2D eigenvalue weighted by Gasteiger charge is 2.22. The predicted octanol–water partition coefficient (Wildman–Crippen LogP) is 3.07. The van der Waals surface area contributed by atoms with Gasteiger partial charge in [-0.25, -0.2) is 24.3 Å². The molecule has 4 rings (SSSR count). The molecule has 132 valence electrons. The van der Waals surface area contributed by atoms with Gasteiger partial charge in [-0.1, -0.05) is 0 Å². The molecule has 8 nitrogen and oxygen atoms in total. The van der Waals surface area contributed by atoms with Crippen molar-refractivity contribution in [3.63, 3.8) is 0 Å². The molecule has 0 saturated heterocycles. The zero-order chi connectivity index (χ0) is 18.3. The second-order valence-corrected chi connectivity index (χ2v) is 7.35. The Bertz CT molecular complexity index is 1100. The smallest absolute Gasteiger partial charge is 0.348 e. The Morgan fingerprint density at radius 1 is 1.31 bits per heavy atom. The average molecular weight is 386 g/mol. The van der Waals surface area contributed by atoms with Crippen LogP contribution < -0.4 is 0 Å². The number of rotatable bonds is 4. The minimum atomic E-state index is -0.336. The third kappa shape index (κ3) is 2.90. The number of ether oxygens (including phenoxy) is 1. The first-order chi connectivity index (χ1) is 12.6. The van der Waals surface area contributed by atoms with Crippen LogP contribution in [-0.4, -0.2) is 42.1 Å². The van der Waals surface area contributed by atoms with E-state index in [1.165, 1.54) is 23.1 Å². The van der Waals surface area contributed by atoms with Crippen LogP contribution in [0.5, 0.6) is 0 Å². The third-order valence-electron chi connectivity index (χ3n) is 3.61. The Hall–Kier alpha value is -2.59. The summed E-state index contributed by atoms with van der Waals surface area (Å²) in [5, 5.41) is 6.49. The average Bonchev–Trinajstić information content (AvgIpc) is 3.15. The number of esters is 1. The minimum Gasteiger partial charge on any atom is -0.462 e. The van der Waals surface area contributed by atoms with Crippen molar-refractivity contribution in [3.05, 3.63) is 34.7 Å². The first-order valence-electron chi connectivity index (χ1n) is 7.87. The zero-order valence-corrected chi connectivity index (χ0v) is 15.9. The minimum absolute atomic E-state index is 0.330. The lowest BCUT2D eigenvalue weighted by atomic mass is 10.2. The Kier molecular flexibility index (Phi) is 4.29. The van der Waals surface area contributed by atoms with Gasteiger partial charge in [-0.05, 0) is 44.2 Å². The van der Waals surface area contributed by atoms with Crippen LogP contribution in [0.15, 0.2) is 28.6 Å². The number of thiophene rings is 1. The molecule has 4 aromatic heterocycles. The van der Waals surface area contributed by atoms with Gasteiger partial charge in [0, 0.05) is 17.8 Å². The zero-order valence-electron chi connectivity index (χ0n) is 14.3. The van der Waals surface area contributed by atoms with Crippen molar-refractivity contribution in [2.75, 3.05) is 6.61 Å². The normalized spacial score (nSPS) is 11.3. The molecule has 0 aliphatic carbocycles. The SMILES string of the molecule is CCOC(=O)c1sc2nc(C)nc(Sc3nc4ncccn4n3)c2c1C. The van der Waals surface area contributed by atoms with Crippen molar-refractivity contribution in [3.8, 4) is 0 Å². The lowest BCUT2D eigenvalue weighted by Gasteiger charge is -2.02. The number of nitrogens with zero attached hydrogens (tertiary/aromatic N) is 6. The number of hydrogen-bond donors (Lipinski definition) is 0. The van der Waals surface area contributed by atoms with E-state index in [0.29, 0.717) is 33.3 Å². The van der Waals surface area contributed by atoms with Gasteiger partial charge in [0.1, 0.15) is 20.6 Å². The summed E-state index contributed by atoms with van der Waals surface area (Å²) in [5.74, 6) is 0.807. The van der Waals surface area contributed by atoms with E-state index in [2.05, 4.69) is 25.0 Å². The Labute approximate surface area is 156 Å². The summed E-state index contributed by atoms with van der Waals surface area (Å²) >= 11 is 2.65. The Balaban J connectivity index is 1.82. The first kappa shape index (κ1) is 16.9. The summed E-state index contributed by atoms with van der Waals surface area (Å²) in [7, 11) is 0. The highest BCUT2D eigenvalue weighted by atomic mass is 32.2. The maximum atomic E-state index is 12.2. The van der Waals surface area contributed by atoms with Crippen LogP contribution in [0.4, 0.5) is 0 Å². The summed E-state index contributed by atoms with van der Waals surface area (Å²) in [6, 6.07) is 1.79. The first-order valence-corrected chi connectivity index (χ1v) is 9.50. The fourth-order valence-corrected chi connectivity index (χ4v) is 4.66. The van der Waals surface area contributed by atoms with E-state index < -0.39 is 0 Å². The standard InChI is InChI=1S/C16H14N6O2S2/c1-4-24-14(23)11-8(2)10-12(25-11)18-9(3)19-13(10)26-16-20-15-17-6-5-7-22(15)21-16/h5-7H,4H2,1-3H3. The molecule has 4 heterocycles. The van der Waals surface area contributed by atoms with Crippen LogP contribution in [0.1, 0.15) is 28.0 Å². The number of carbonyl (C=O) groups excluding carboxylic acids is 1. The summed E-state index contributed by atoms with van der Waals surface area (Å²) in [6.07, 6.45) is 3.45. The van der Waals surface area contributed by atoms with E-state index in [1.807, 2.05) is 13.8 Å². The summed E-state index contributed by atoms with van der Waals surface area (Å²) in [5.41, 5.74) is 0.813. The number of hydrogen-bond acceptors (Lipinski definition) is 9. The van der Waals surface area contributed by atoms with Crippen molar-refractivity contribution in [1.29, 1.82) is 0 Å². The van der Waals surface area contributed by atoms with Crippen LogP contribution in [0.2, 0.25) is 0 Å². The van der Waals surface area contributed by atoms with Crippen molar-refractivity contribution in [2.45, 2.75) is 31.0 Å². The highest BCUT2D eigenvalue weighted by molar-refractivity contribution is 7.99. The van der Waals surface area contributed by atoms with Gasteiger partial charge in [0.25, 0.3) is 5.78 Å². The topological polar surface area (TPSA) is 95.2 Å². The molecule has 0 aliphatic rings. The summed E-state index contributed by atoms with van der Waals surface area (Å²) < 4.78 is 6.76. The van der Waals surface area contributed by atoms with Gasteiger partial charge in [0.2, 0.25) is 5.16 Å². The Morgan fingerprint density at radius 2 is 2.15 bits per heavy atom. The van der Waals surface area contributed by atoms with E-state index in [0.717, 1.165) is 15.8 Å². The van der Waals surface area contributed by atoms with E-state index >= 15 is 0 Å². The number of fused-ring (bicyclic) bond motifs is 2. The molecule has 0 aromatic carbocycles. The van der Waals surface area contributed by atoms with Gasteiger partial charge in [-0.2, -0.15) is 4.98 Å². The number of aromatic nitrogens is 6. The molecule has 4 aromatic rings. The highest BCUT2D eigenvalue weighted by Crippen LogP contribution is 2.37. The maximum absolute atomic E-state index is 12.2. The molecule has 0 N–H and O–H groups in total. The largest absolute Gasteiger partial charge is 0.462 e. The van der Waals surface area contributed by atoms with Gasteiger partial charge < -0.3 is 4.74 Å². The van der Waals surface area contributed by atoms with Crippen LogP contribution in [-0.2, 0) is 4.74 Å². The van der Waals surface area contributed by atoms with E-state index in [9.17, 15) is 4.79 Å². The van der Waals surface area contributed by atoms with Crippen molar-refractivity contribution < 1.29 is 9.53 Å². The van der Waals surface area contributed by atoms with Gasteiger partial charge >= 0.3 is 5.97 Å². The van der Waals surface area contributed by atoms with Crippen LogP contribution in [0.3, 0.4) is 0 Å². The van der Waals surface area contributed by atoms with Gasteiger partial charge in [-0.15, -0.1) is 16.4 Å². The van der Waals surface area contributed by atoms with Crippen molar-refractivity contribution in [2.24, 2.45) is 0 Å². The molecule has 0 spiro atoms. The Morgan fingerprint density at radius 3 is 2.92 bits per heavy atom. The molecule has 0 amide bonds. The summed E-state index contributed by atoms with van der Waals surface area (Å²) in [4.78, 5) is 31.1. The lowest BCUT2D eigenvalue weighted by molar-refractivity contribution is 0.0531.